The van der Waals surface area contributed by atoms with Gasteiger partial charge in [0.05, 0.1) is 12.1 Å². The highest BCUT2D eigenvalue weighted by atomic mass is 19.4. The Hall–Kier alpha value is -3.69. The minimum atomic E-state index is -5.08. The molecule has 2 N–H and O–H groups in total. The molecule has 1 aliphatic carbocycles. The molecule has 0 spiro atoms. The van der Waals surface area contributed by atoms with E-state index >= 15 is 0 Å². The number of unbranched alkanes of at least 4 members (excludes halogenated alkanes) is 1. The third-order valence-corrected chi connectivity index (χ3v) is 7.83. The average Bonchev–Trinajstić information content (AvgIpc) is 3.23. The number of aliphatic imine (C=N–C) groups is 1. The summed E-state index contributed by atoms with van der Waals surface area (Å²) in [5.74, 6) is -2.23. The molecule has 4 rings (SSSR count). The number of alkyl halides is 3. The second-order valence-corrected chi connectivity index (χ2v) is 10.5. The fourth-order valence-corrected chi connectivity index (χ4v) is 5.64. The minimum Gasteiger partial charge on any atom is -0.478 e. The number of carbonyl (C=O) groups excluding carboxylic acids is 1. The summed E-state index contributed by atoms with van der Waals surface area (Å²) in [6, 6.07) is 15.0. The van der Waals surface area contributed by atoms with E-state index in [1.165, 1.54) is 19.3 Å². The summed E-state index contributed by atoms with van der Waals surface area (Å²) >= 11 is 0. The smallest absolute Gasteiger partial charge is 0.478 e. The van der Waals surface area contributed by atoms with Gasteiger partial charge >= 0.3 is 18.1 Å². The molecule has 0 bridgehead atoms. The number of carboxylic acid groups (broad SMARTS) is 2. The fourth-order valence-electron chi connectivity index (χ4n) is 5.64. The number of aliphatic carboxylic acids is 1. The van der Waals surface area contributed by atoms with E-state index in [9.17, 15) is 27.9 Å². The summed E-state index contributed by atoms with van der Waals surface area (Å²) in [6.45, 7) is 4.80. The molecule has 1 heterocycles. The van der Waals surface area contributed by atoms with E-state index in [4.69, 9.17) is 14.9 Å². The maximum atomic E-state index is 13.9. The predicted molar refractivity (Wildman–Crippen MR) is 150 cm³/mol. The molecular weight excluding hydrogens is 537 g/mol. The molecule has 1 amide bonds. The van der Waals surface area contributed by atoms with Crippen molar-refractivity contribution in [1.29, 1.82) is 0 Å². The first-order valence-corrected chi connectivity index (χ1v) is 14.1. The number of rotatable bonds is 9. The number of hydrogen-bond donors (Lipinski definition) is 2. The van der Waals surface area contributed by atoms with Gasteiger partial charge in [-0.05, 0) is 54.4 Å². The van der Waals surface area contributed by atoms with Crippen molar-refractivity contribution in [2.75, 3.05) is 0 Å². The van der Waals surface area contributed by atoms with E-state index in [1.807, 2.05) is 41.3 Å². The maximum absolute atomic E-state index is 13.9. The minimum absolute atomic E-state index is 0.174. The van der Waals surface area contributed by atoms with E-state index in [0.717, 1.165) is 55.5 Å². The van der Waals surface area contributed by atoms with Crippen LogP contribution in [0.3, 0.4) is 0 Å². The van der Waals surface area contributed by atoms with Crippen LogP contribution in [0.5, 0.6) is 0 Å². The number of amides is 1. The van der Waals surface area contributed by atoms with E-state index in [0.29, 0.717) is 23.6 Å². The number of aromatic carboxylic acids is 1. The number of carbonyl (C=O) groups is 3. The zero-order chi connectivity index (χ0) is 30.2. The summed E-state index contributed by atoms with van der Waals surface area (Å²) in [5, 5.41) is 16.6. The monoisotopic (exact) mass is 574 g/mol. The van der Waals surface area contributed by atoms with Crippen LogP contribution in [-0.2, 0) is 16.1 Å². The van der Waals surface area contributed by atoms with Crippen LogP contribution in [0.25, 0.3) is 11.1 Å². The predicted octanol–water partition coefficient (Wildman–Crippen LogP) is 7.35. The van der Waals surface area contributed by atoms with Crippen LogP contribution in [-0.4, -0.2) is 50.5 Å². The summed E-state index contributed by atoms with van der Waals surface area (Å²) < 4.78 is 31.7. The quantitative estimate of drug-likeness (QED) is 0.326. The van der Waals surface area contributed by atoms with Gasteiger partial charge in [0.1, 0.15) is 11.4 Å². The molecule has 2 aromatic rings. The normalized spacial score (nSPS) is 19.4. The number of nitrogens with zero attached hydrogens (tertiary/aromatic N) is 2. The lowest BCUT2D eigenvalue weighted by atomic mass is 9.73. The first-order chi connectivity index (χ1) is 19.4. The van der Waals surface area contributed by atoms with Crippen LogP contribution >= 0.6 is 0 Å². The van der Waals surface area contributed by atoms with Gasteiger partial charge in [-0.3, -0.25) is 14.7 Å². The highest BCUT2D eigenvalue weighted by molar-refractivity contribution is 6.08. The van der Waals surface area contributed by atoms with Crippen molar-refractivity contribution >= 4 is 23.7 Å². The molecule has 1 fully saturated rings. The first-order valence-electron chi connectivity index (χ1n) is 14.1. The number of halogens is 3. The van der Waals surface area contributed by atoms with Gasteiger partial charge < -0.3 is 10.2 Å². The van der Waals surface area contributed by atoms with Gasteiger partial charge in [-0.25, -0.2) is 9.59 Å². The van der Waals surface area contributed by atoms with Crippen molar-refractivity contribution in [3.63, 3.8) is 0 Å². The molecule has 0 saturated heterocycles. The zero-order valence-electron chi connectivity index (χ0n) is 23.4. The molecule has 1 saturated carbocycles. The SMILES string of the molecule is CCCCC1=NC(CC)(C2CCCCC2)C(=O)N1Cc1ccc(-c2ccccc2C(=O)O)cc1.O=C(O)C(F)(F)F. The summed E-state index contributed by atoms with van der Waals surface area (Å²) in [4.78, 5) is 41.5. The van der Waals surface area contributed by atoms with E-state index in [1.54, 1.807) is 12.1 Å². The van der Waals surface area contributed by atoms with Crippen molar-refractivity contribution < 1.29 is 37.8 Å². The standard InChI is InChI=1S/C29H36N2O3.C2HF3O2/c1-3-5-15-26-30-29(4-2,23-11-7-6-8-12-23)28(34)31(26)20-21-16-18-22(19-17-21)24-13-9-10-14-25(24)27(32)33;3-2(4,5)1(6)7/h9-10,13-14,16-19,23H,3-8,11-12,15,20H2,1-2H3,(H,32,33);(H,6,7). The molecule has 0 radical (unpaired) electrons. The Morgan fingerprint density at radius 3 is 2.15 bits per heavy atom. The molecule has 1 atom stereocenters. The largest absolute Gasteiger partial charge is 0.490 e. The van der Waals surface area contributed by atoms with E-state index < -0.39 is 23.7 Å². The average molecular weight is 575 g/mol. The Morgan fingerprint density at radius 2 is 1.61 bits per heavy atom. The molecule has 2 aromatic carbocycles. The summed E-state index contributed by atoms with van der Waals surface area (Å²) in [7, 11) is 0. The van der Waals surface area contributed by atoms with Crippen LogP contribution in [0.2, 0.25) is 0 Å². The number of benzene rings is 2. The number of hydrogen-bond acceptors (Lipinski definition) is 4. The molecule has 7 nitrogen and oxygen atoms in total. The van der Waals surface area contributed by atoms with Gasteiger partial charge in [-0.2, -0.15) is 13.2 Å². The van der Waals surface area contributed by atoms with Crippen LogP contribution in [0, 0.1) is 5.92 Å². The molecule has 1 unspecified atom stereocenters. The number of carboxylic acids is 2. The first kappa shape index (κ1) is 31.8. The molecular formula is C31H37F3N2O5. The van der Waals surface area contributed by atoms with E-state index in [2.05, 4.69) is 13.8 Å². The van der Waals surface area contributed by atoms with Crippen LogP contribution in [0.15, 0.2) is 53.5 Å². The Balaban J connectivity index is 0.000000587. The number of amidine groups is 1. The highest BCUT2D eigenvalue weighted by Crippen LogP contribution is 2.42. The second kappa shape index (κ2) is 13.8. The van der Waals surface area contributed by atoms with Crippen molar-refractivity contribution in [2.24, 2.45) is 10.9 Å². The fraction of sp³-hybridized carbons (Fsp3) is 0.484. The van der Waals surface area contributed by atoms with Gasteiger partial charge in [0.15, 0.2) is 0 Å². The van der Waals surface area contributed by atoms with Crippen molar-refractivity contribution in [1.82, 2.24) is 4.90 Å². The van der Waals surface area contributed by atoms with Gasteiger partial charge in [-0.15, -0.1) is 0 Å². The highest BCUT2D eigenvalue weighted by Gasteiger charge is 2.51. The van der Waals surface area contributed by atoms with Crippen LogP contribution in [0.4, 0.5) is 13.2 Å². The Kier molecular flexibility index (Phi) is 10.7. The van der Waals surface area contributed by atoms with Gasteiger partial charge in [0.25, 0.3) is 5.91 Å². The lowest BCUT2D eigenvalue weighted by molar-refractivity contribution is -0.192. The topological polar surface area (TPSA) is 107 Å². The zero-order valence-corrected chi connectivity index (χ0v) is 23.4. The molecule has 0 aromatic heterocycles. The summed E-state index contributed by atoms with van der Waals surface area (Å²) in [6.07, 6.45) is 4.44. The third kappa shape index (κ3) is 7.54. The second-order valence-electron chi connectivity index (χ2n) is 10.5. The van der Waals surface area contributed by atoms with E-state index in [-0.39, 0.29) is 5.91 Å². The van der Waals surface area contributed by atoms with Crippen molar-refractivity contribution in [2.45, 2.75) is 89.9 Å². The van der Waals surface area contributed by atoms with Crippen LogP contribution < -0.4 is 0 Å². The molecule has 41 heavy (non-hydrogen) atoms. The summed E-state index contributed by atoms with van der Waals surface area (Å²) in [5.41, 5.74) is 2.29. The van der Waals surface area contributed by atoms with Gasteiger partial charge in [0.2, 0.25) is 0 Å². The Morgan fingerprint density at radius 1 is 1.00 bits per heavy atom. The van der Waals surface area contributed by atoms with Gasteiger partial charge in [-0.1, -0.05) is 82.0 Å². The lowest BCUT2D eigenvalue weighted by Gasteiger charge is -2.35. The van der Waals surface area contributed by atoms with Gasteiger partial charge in [0, 0.05) is 6.42 Å². The molecule has 1 aliphatic heterocycles. The molecule has 222 valence electrons. The maximum Gasteiger partial charge on any atom is 0.490 e. The third-order valence-electron chi connectivity index (χ3n) is 7.83. The lowest BCUT2D eigenvalue weighted by Crippen LogP contribution is -2.47. The Bertz CT molecular complexity index is 1250. The Labute approximate surface area is 238 Å². The van der Waals surface area contributed by atoms with Crippen molar-refractivity contribution in [3.8, 4) is 11.1 Å². The van der Waals surface area contributed by atoms with Crippen LogP contribution in [0.1, 0.15) is 87.6 Å². The molecule has 10 heteroatoms. The molecule has 2 aliphatic rings. The van der Waals surface area contributed by atoms with Crippen molar-refractivity contribution in [3.05, 3.63) is 59.7 Å².